The first kappa shape index (κ1) is 11.4. The summed E-state index contributed by atoms with van der Waals surface area (Å²) in [6.07, 6.45) is 1.63. The number of hydrogen-bond acceptors (Lipinski definition) is 3. The molecule has 3 aromatic rings. The molecule has 0 atom stereocenters. The van der Waals surface area contributed by atoms with E-state index in [-0.39, 0.29) is 5.91 Å². The van der Waals surface area contributed by atoms with E-state index in [1.165, 1.54) is 0 Å². The zero-order valence-electron chi connectivity index (χ0n) is 10.4. The number of aromatic nitrogens is 3. The average Bonchev–Trinajstić information content (AvgIpc) is 2.78. The summed E-state index contributed by atoms with van der Waals surface area (Å²) in [5, 5.41) is 2.73. The zero-order chi connectivity index (χ0) is 13.2. The third-order valence-corrected chi connectivity index (χ3v) is 2.90. The number of aryl methyl sites for hydroxylation is 1. The first-order valence-electron chi connectivity index (χ1n) is 5.89. The third-order valence-electron chi connectivity index (χ3n) is 2.90. The second kappa shape index (κ2) is 4.53. The van der Waals surface area contributed by atoms with Crippen LogP contribution in [0.5, 0.6) is 0 Å². The molecule has 1 amide bonds. The topological polar surface area (TPSA) is 59.8 Å². The number of carbonyl (C=O) groups is 1. The van der Waals surface area contributed by atoms with Gasteiger partial charge in [-0.1, -0.05) is 18.2 Å². The van der Waals surface area contributed by atoms with Gasteiger partial charge in [0.05, 0.1) is 11.0 Å². The summed E-state index contributed by atoms with van der Waals surface area (Å²) in [4.78, 5) is 20.6. The van der Waals surface area contributed by atoms with Crippen molar-refractivity contribution in [3.05, 3.63) is 54.5 Å². The molecule has 0 aliphatic rings. The number of pyridine rings is 1. The molecule has 2 heterocycles. The zero-order valence-corrected chi connectivity index (χ0v) is 10.4. The van der Waals surface area contributed by atoms with Crippen LogP contribution in [0.3, 0.4) is 0 Å². The van der Waals surface area contributed by atoms with Crippen LogP contribution in [0.1, 0.15) is 10.6 Å². The minimum atomic E-state index is -0.266. The minimum absolute atomic E-state index is 0.266. The van der Waals surface area contributed by atoms with E-state index in [4.69, 9.17) is 0 Å². The van der Waals surface area contributed by atoms with Crippen molar-refractivity contribution in [3.8, 4) is 0 Å². The summed E-state index contributed by atoms with van der Waals surface area (Å²) >= 11 is 0. The molecule has 0 unspecified atom stereocenters. The number of para-hydroxylation sites is 2. The normalized spacial score (nSPS) is 10.6. The highest BCUT2D eigenvalue weighted by Gasteiger charge is 2.15. The van der Waals surface area contributed by atoms with Crippen LogP contribution in [-0.4, -0.2) is 20.4 Å². The fraction of sp³-hybridized carbons (Fsp3) is 0.0714. The molecule has 1 N–H and O–H groups in total. The Labute approximate surface area is 109 Å². The quantitative estimate of drug-likeness (QED) is 0.760. The van der Waals surface area contributed by atoms with Crippen molar-refractivity contribution < 1.29 is 4.79 Å². The smallest absolute Gasteiger partial charge is 0.292 e. The maximum Gasteiger partial charge on any atom is 0.292 e. The molecule has 0 radical (unpaired) electrons. The SMILES string of the molecule is Cn1c(C(=O)Nc2ccccn2)nc2ccccc21. The van der Waals surface area contributed by atoms with Crippen molar-refractivity contribution in [1.29, 1.82) is 0 Å². The lowest BCUT2D eigenvalue weighted by atomic mass is 10.3. The van der Waals surface area contributed by atoms with Crippen molar-refractivity contribution in [2.75, 3.05) is 5.32 Å². The van der Waals surface area contributed by atoms with Crippen molar-refractivity contribution in [3.63, 3.8) is 0 Å². The van der Waals surface area contributed by atoms with Crippen LogP contribution < -0.4 is 5.32 Å². The summed E-state index contributed by atoms with van der Waals surface area (Å²) < 4.78 is 1.77. The lowest BCUT2D eigenvalue weighted by Gasteiger charge is -2.03. The molecule has 0 aliphatic heterocycles. The Morgan fingerprint density at radius 1 is 1.16 bits per heavy atom. The van der Waals surface area contributed by atoms with Gasteiger partial charge in [0, 0.05) is 13.2 Å². The van der Waals surface area contributed by atoms with Gasteiger partial charge in [-0.15, -0.1) is 0 Å². The molecule has 0 bridgehead atoms. The van der Waals surface area contributed by atoms with E-state index in [2.05, 4.69) is 15.3 Å². The van der Waals surface area contributed by atoms with E-state index >= 15 is 0 Å². The molecule has 1 aromatic carbocycles. The summed E-state index contributed by atoms with van der Waals surface area (Å²) in [7, 11) is 1.82. The number of benzene rings is 1. The van der Waals surface area contributed by atoms with Gasteiger partial charge in [-0.05, 0) is 24.3 Å². The standard InChI is InChI=1S/C14H12N4O/c1-18-11-7-3-2-6-10(11)16-13(18)14(19)17-12-8-4-5-9-15-12/h2-9H,1H3,(H,15,17,19). The van der Waals surface area contributed by atoms with Gasteiger partial charge in [0.15, 0.2) is 5.82 Å². The van der Waals surface area contributed by atoms with E-state index in [0.717, 1.165) is 11.0 Å². The second-order valence-corrected chi connectivity index (χ2v) is 4.15. The molecular weight excluding hydrogens is 240 g/mol. The molecule has 0 saturated carbocycles. The molecule has 0 fully saturated rings. The molecule has 3 rings (SSSR count). The molecule has 0 saturated heterocycles. The molecule has 19 heavy (non-hydrogen) atoms. The highest BCUT2D eigenvalue weighted by Crippen LogP contribution is 2.15. The Kier molecular flexibility index (Phi) is 2.72. The Morgan fingerprint density at radius 2 is 1.95 bits per heavy atom. The van der Waals surface area contributed by atoms with Gasteiger partial charge < -0.3 is 9.88 Å². The molecule has 0 spiro atoms. The van der Waals surface area contributed by atoms with Crippen molar-refractivity contribution >= 4 is 22.8 Å². The van der Waals surface area contributed by atoms with Crippen LogP contribution in [0.25, 0.3) is 11.0 Å². The third kappa shape index (κ3) is 2.06. The number of nitrogens with zero attached hydrogens (tertiary/aromatic N) is 3. The minimum Gasteiger partial charge on any atom is -0.323 e. The molecule has 0 aliphatic carbocycles. The first-order valence-corrected chi connectivity index (χ1v) is 5.89. The van der Waals surface area contributed by atoms with Gasteiger partial charge in [0.1, 0.15) is 5.82 Å². The number of anilines is 1. The van der Waals surface area contributed by atoms with Crippen LogP contribution in [0.2, 0.25) is 0 Å². The lowest BCUT2D eigenvalue weighted by molar-refractivity contribution is 0.101. The first-order chi connectivity index (χ1) is 9.25. The molecular formula is C14H12N4O. The van der Waals surface area contributed by atoms with Crippen LogP contribution in [0.15, 0.2) is 48.7 Å². The number of fused-ring (bicyclic) bond motifs is 1. The van der Waals surface area contributed by atoms with E-state index < -0.39 is 0 Å². The predicted molar refractivity (Wildman–Crippen MR) is 72.9 cm³/mol. The largest absolute Gasteiger partial charge is 0.323 e. The fourth-order valence-electron chi connectivity index (χ4n) is 1.96. The Hall–Kier alpha value is -2.69. The summed E-state index contributed by atoms with van der Waals surface area (Å²) in [5.41, 5.74) is 1.73. The van der Waals surface area contributed by atoms with Crippen molar-refractivity contribution in [2.45, 2.75) is 0 Å². The second-order valence-electron chi connectivity index (χ2n) is 4.15. The number of imidazole rings is 1. The Morgan fingerprint density at radius 3 is 2.68 bits per heavy atom. The molecule has 2 aromatic heterocycles. The summed E-state index contributed by atoms with van der Waals surface area (Å²) in [6.45, 7) is 0. The van der Waals surface area contributed by atoms with E-state index in [1.54, 1.807) is 22.9 Å². The van der Waals surface area contributed by atoms with E-state index in [1.807, 2.05) is 37.4 Å². The highest BCUT2D eigenvalue weighted by molar-refractivity contribution is 6.03. The monoisotopic (exact) mass is 252 g/mol. The van der Waals surface area contributed by atoms with Gasteiger partial charge in [-0.25, -0.2) is 9.97 Å². The number of rotatable bonds is 2. The molecule has 94 valence electrons. The lowest BCUT2D eigenvalue weighted by Crippen LogP contribution is -2.17. The average molecular weight is 252 g/mol. The fourth-order valence-corrected chi connectivity index (χ4v) is 1.96. The Bertz CT molecular complexity index is 734. The predicted octanol–water partition coefficient (Wildman–Crippen LogP) is 2.22. The highest BCUT2D eigenvalue weighted by atomic mass is 16.2. The van der Waals surface area contributed by atoms with Crippen LogP contribution in [-0.2, 0) is 7.05 Å². The number of hydrogen-bond donors (Lipinski definition) is 1. The van der Waals surface area contributed by atoms with Crippen LogP contribution in [0.4, 0.5) is 5.82 Å². The van der Waals surface area contributed by atoms with Gasteiger partial charge in [0.2, 0.25) is 0 Å². The van der Waals surface area contributed by atoms with E-state index in [0.29, 0.717) is 11.6 Å². The van der Waals surface area contributed by atoms with Gasteiger partial charge in [0.25, 0.3) is 5.91 Å². The number of carbonyl (C=O) groups excluding carboxylic acids is 1. The van der Waals surface area contributed by atoms with E-state index in [9.17, 15) is 4.79 Å². The van der Waals surface area contributed by atoms with Gasteiger partial charge >= 0.3 is 0 Å². The Balaban J connectivity index is 1.96. The maximum atomic E-state index is 12.2. The van der Waals surface area contributed by atoms with Gasteiger partial charge in [-0.3, -0.25) is 4.79 Å². The van der Waals surface area contributed by atoms with Crippen molar-refractivity contribution in [2.24, 2.45) is 7.05 Å². The number of amides is 1. The summed E-state index contributed by atoms with van der Waals surface area (Å²) in [5.74, 6) is 0.615. The molecule has 5 nitrogen and oxygen atoms in total. The number of nitrogens with one attached hydrogen (secondary N) is 1. The van der Waals surface area contributed by atoms with Crippen molar-refractivity contribution in [1.82, 2.24) is 14.5 Å². The maximum absolute atomic E-state index is 12.2. The van der Waals surface area contributed by atoms with Gasteiger partial charge in [-0.2, -0.15) is 0 Å². The molecule has 5 heteroatoms. The van der Waals surface area contributed by atoms with Crippen LogP contribution in [0, 0.1) is 0 Å². The summed E-state index contributed by atoms with van der Waals surface area (Å²) in [6, 6.07) is 13.0. The van der Waals surface area contributed by atoms with Crippen LogP contribution >= 0.6 is 0 Å².